The van der Waals surface area contributed by atoms with Crippen LogP contribution in [0.4, 0.5) is 24.8 Å². The minimum Gasteiger partial charge on any atom is -0.481 e. The summed E-state index contributed by atoms with van der Waals surface area (Å²) >= 11 is 0. The molecule has 0 aromatic carbocycles. The van der Waals surface area contributed by atoms with E-state index in [0.29, 0.717) is 24.3 Å². The van der Waals surface area contributed by atoms with Crippen molar-refractivity contribution in [1.82, 2.24) is 40.2 Å². The van der Waals surface area contributed by atoms with Crippen LogP contribution in [0.3, 0.4) is 0 Å². The third-order valence-corrected chi connectivity index (χ3v) is 8.76. The van der Waals surface area contributed by atoms with Gasteiger partial charge in [-0.2, -0.15) is 10.2 Å². The second-order valence-corrected chi connectivity index (χ2v) is 13.2. The smallest absolute Gasteiger partial charge is 0.225 e. The maximum atomic E-state index is 14.6. The molecule has 4 aromatic heterocycles. The number of aromatic nitrogens is 6. The van der Waals surface area contributed by atoms with Crippen LogP contribution in [0.2, 0.25) is 0 Å². The second kappa shape index (κ2) is 17.9. The van der Waals surface area contributed by atoms with E-state index >= 15 is 0 Å². The van der Waals surface area contributed by atoms with Crippen LogP contribution < -0.4 is 15.4 Å². The van der Waals surface area contributed by atoms with Crippen molar-refractivity contribution in [3.63, 3.8) is 0 Å². The number of amides is 2. The van der Waals surface area contributed by atoms with Crippen molar-refractivity contribution >= 4 is 23.5 Å². The highest BCUT2D eigenvalue weighted by Crippen LogP contribution is 2.27. The summed E-state index contributed by atoms with van der Waals surface area (Å²) in [7, 11) is 1.51. The Morgan fingerprint density at radius 2 is 1.29 bits per heavy atom. The Morgan fingerprint density at radius 1 is 0.784 bits per heavy atom. The van der Waals surface area contributed by atoms with Gasteiger partial charge in [-0.1, -0.05) is 13.8 Å². The first-order valence-electron chi connectivity index (χ1n) is 17.2. The highest BCUT2D eigenvalue weighted by Gasteiger charge is 2.22. The van der Waals surface area contributed by atoms with Gasteiger partial charge in [-0.25, -0.2) is 18.2 Å². The number of likely N-dealkylation sites (tertiary alicyclic amines) is 2. The van der Waals surface area contributed by atoms with Crippen LogP contribution >= 0.6 is 0 Å². The average molecular weight is 711 g/mol. The molecule has 0 saturated carbocycles. The van der Waals surface area contributed by atoms with Gasteiger partial charge in [0.1, 0.15) is 17.2 Å². The largest absolute Gasteiger partial charge is 0.481 e. The number of methoxy groups -OCH3 is 1. The molecular weight excluding hydrogens is 665 g/mol. The molecular formula is C35H45F3N10O3. The van der Waals surface area contributed by atoms with Gasteiger partial charge in [0.25, 0.3) is 0 Å². The van der Waals surface area contributed by atoms with E-state index in [4.69, 9.17) is 4.74 Å². The zero-order valence-electron chi connectivity index (χ0n) is 29.1. The van der Waals surface area contributed by atoms with E-state index in [1.54, 1.807) is 12.1 Å². The van der Waals surface area contributed by atoms with Crippen molar-refractivity contribution in [2.45, 2.75) is 52.4 Å². The lowest BCUT2D eigenvalue weighted by Crippen LogP contribution is -2.28. The molecule has 2 unspecified atom stereocenters. The molecule has 0 bridgehead atoms. The maximum Gasteiger partial charge on any atom is 0.225 e. The first-order valence-corrected chi connectivity index (χ1v) is 17.2. The number of hydrogen-bond donors (Lipinski definition) is 4. The number of H-pyrrole nitrogens is 2. The number of nitrogens with zero attached hydrogens (tertiary/aromatic N) is 6. The highest BCUT2D eigenvalue weighted by atomic mass is 19.1. The van der Waals surface area contributed by atoms with E-state index in [0.717, 1.165) is 51.5 Å². The van der Waals surface area contributed by atoms with Gasteiger partial charge in [0.2, 0.25) is 17.7 Å². The van der Waals surface area contributed by atoms with Crippen LogP contribution in [-0.2, 0) is 9.59 Å². The number of hydrogen-bond acceptors (Lipinski definition) is 9. The van der Waals surface area contributed by atoms with Crippen molar-refractivity contribution in [3.05, 3.63) is 54.2 Å². The Kier molecular flexibility index (Phi) is 13.1. The number of nitrogens with one attached hydrogen (secondary N) is 4. The van der Waals surface area contributed by atoms with Gasteiger partial charge in [-0.15, -0.1) is 0 Å². The minimum atomic E-state index is -0.729. The van der Waals surface area contributed by atoms with Gasteiger partial charge in [0.15, 0.2) is 23.3 Å². The van der Waals surface area contributed by atoms with Gasteiger partial charge >= 0.3 is 0 Å². The first kappa shape index (κ1) is 37.4. The molecule has 4 aromatic rings. The van der Waals surface area contributed by atoms with E-state index < -0.39 is 17.5 Å². The summed E-state index contributed by atoms with van der Waals surface area (Å²) in [6, 6.07) is 4.45. The van der Waals surface area contributed by atoms with Gasteiger partial charge in [-0.05, 0) is 75.8 Å². The highest BCUT2D eigenvalue weighted by molar-refractivity contribution is 5.91. The molecule has 13 nitrogen and oxygen atoms in total. The lowest BCUT2D eigenvalue weighted by molar-refractivity contribution is -0.118. The molecule has 0 radical (unpaired) electrons. The fraction of sp³-hybridized carbons (Fsp3) is 0.486. The molecule has 51 heavy (non-hydrogen) atoms. The van der Waals surface area contributed by atoms with Crippen LogP contribution in [0.5, 0.6) is 5.88 Å². The summed E-state index contributed by atoms with van der Waals surface area (Å²) in [6.45, 7) is 10.1. The molecule has 2 aliphatic rings. The third kappa shape index (κ3) is 10.6. The summed E-state index contributed by atoms with van der Waals surface area (Å²) in [5, 5.41) is 17.8. The number of anilines is 2. The van der Waals surface area contributed by atoms with Crippen molar-refractivity contribution in [3.8, 4) is 28.4 Å². The van der Waals surface area contributed by atoms with Crippen molar-refractivity contribution < 1.29 is 27.5 Å². The number of rotatable bonds is 13. The van der Waals surface area contributed by atoms with Gasteiger partial charge in [0, 0.05) is 55.5 Å². The Morgan fingerprint density at radius 3 is 1.75 bits per heavy atom. The number of ether oxygens (including phenoxy) is 1. The van der Waals surface area contributed by atoms with Crippen LogP contribution in [0.25, 0.3) is 22.5 Å². The average Bonchev–Trinajstić information content (AvgIpc) is 3.93. The zero-order valence-corrected chi connectivity index (χ0v) is 29.1. The van der Waals surface area contributed by atoms with Crippen molar-refractivity contribution in [1.29, 1.82) is 0 Å². The molecule has 16 heteroatoms. The second-order valence-electron chi connectivity index (χ2n) is 13.2. The Balaban J connectivity index is 0.000000198. The first-order chi connectivity index (χ1) is 24.6. The van der Waals surface area contributed by atoms with E-state index in [1.807, 2.05) is 13.8 Å². The quantitative estimate of drug-likeness (QED) is 0.141. The summed E-state index contributed by atoms with van der Waals surface area (Å²) in [5.74, 6) is -1.88. The van der Waals surface area contributed by atoms with Crippen molar-refractivity contribution in [2.75, 3.05) is 57.0 Å². The van der Waals surface area contributed by atoms with Crippen LogP contribution in [0.1, 0.15) is 52.4 Å². The van der Waals surface area contributed by atoms with Crippen LogP contribution in [0.15, 0.2) is 36.8 Å². The number of halogens is 3. The minimum absolute atomic E-state index is 0.00702. The standard InChI is InChI=1S/C18H24FN5O2.C17H21F2N5O/c1-12(11-24-7-3-4-8-24)9-14(25)21-18-16(19)17(22-23-18)13-5-6-15(26-2)20-10-13;1-11(10-24-4-2-3-5-24)6-14(25)21-17-15(19)16(22-23-17)12-7-13(18)9-20-8-12/h5-6,10,12H,3-4,7-9,11H2,1-2H3,(H2,21,22,23,25);7-9,11H,2-6,10H2,1H3,(H2,21,22,23,25). The summed E-state index contributed by atoms with van der Waals surface area (Å²) in [4.78, 5) is 36.7. The normalized spacial score (nSPS) is 16.0. The summed E-state index contributed by atoms with van der Waals surface area (Å²) in [5.41, 5.74) is 0.930. The molecule has 2 atom stereocenters. The van der Waals surface area contributed by atoms with E-state index in [1.165, 1.54) is 45.2 Å². The molecule has 274 valence electrons. The number of aromatic amines is 2. The number of carbonyl (C=O) groups is 2. The number of pyridine rings is 2. The van der Waals surface area contributed by atoms with E-state index in [2.05, 4.69) is 50.8 Å². The molecule has 2 saturated heterocycles. The molecule has 2 aliphatic heterocycles. The predicted molar refractivity (Wildman–Crippen MR) is 186 cm³/mol. The lowest BCUT2D eigenvalue weighted by atomic mass is 10.1. The van der Waals surface area contributed by atoms with Gasteiger partial charge < -0.3 is 25.2 Å². The van der Waals surface area contributed by atoms with Crippen LogP contribution in [-0.4, -0.2) is 98.4 Å². The summed E-state index contributed by atoms with van der Waals surface area (Å²) in [6.07, 6.45) is 9.32. The van der Waals surface area contributed by atoms with Gasteiger partial charge in [-0.3, -0.25) is 24.8 Å². The third-order valence-electron chi connectivity index (χ3n) is 8.76. The topological polar surface area (TPSA) is 157 Å². The fourth-order valence-electron chi connectivity index (χ4n) is 6.34. The molecule has 2 amide bonds. The van der Waals surface area contributed by atoms with E-state index in [-0.39, 0.29) is 52.2 Å². The zero-order chi connectivity index (χ0) is 36.3. The number of carbonyl (C=O) groups excluding carboxylic acids is 2. The lowest BCUT2D eigenvalue weighted by Gasteiger charge is -2.19. The molecule has 2 fully saturated rings. The predicted octanol–water partition coefficient (Wildman–Crippen LogP) is 5.49. The molecule has 6 rings (SSSR count). The van der Waals surface area contributed by atoms with Gasteiger partial charge in [0.05, 0.1) is 13.3 Å². The Bertz CT molecular complexity index is 1740. The molecule has 0 spiro atoms. The Hall–Kier alpha value is -4.83. The van der Waals surface area contributed by atoms with Crippen LogP contribution in [0, 0.1) is 29.3 Å². The van der Waals surface area contributed by atoms with E-state index in [9.17, 15) is 22.8 Å². The Labute approximate surface area is 294 Å². The SMILES string of the molecule is CC(CC(=O)Nc1n[nH]c(-c2cncc(F)c2)c1F)CN1CCCC1.COc1ccc(-c2[nH]nc(NC(=O)CC(C)CN3CCCC3)c2F)cn1. The summed E-state index contributed by atoms with van der Waals surface area (Å²) < 4.78 is 47.2. The monoisotopic (exact) mass is 710 g/mol. The molecule has 4 N–H and O–H groups in total. The molecule has 6 heterocycles. The fourth-order valence-corrected chi connectivity index (χ4v) is 6.34. The molecule has 0 aliphatic carbocycles. The maximum absolute atomic E-state index is 14.6. The van der Waals surface area contributed by atoms with Crippen molar-refractivity contribution in [2.24, 2.45) is 11.8 Å².